The quantitative estimate of drug-likeness (QED) is 0.854. The van der Waals surface area contributed by atoms with Crippen LogP contribution in [0.15, 0.2) is 10.9 Å². The van der Waals surface area contributed by atoms with E-state index in [9.17, 15) is 9.59 Å². The van der Waals surface area contributed by atoms with E-state index in [2.05, 4.69) is 15.2 Å². The minimum atomic E-state index is -0.194. The van der Waals surface area contributed by atoms with Gasteiger partial charge in [0, 0.05) is 52.5 Å². The van der Waals surface area contributed by atoms with Gasteiger partial charge in [-0.3, -0.25) is 14.3 Å². The molecule has 1 N–H and O–H groups in total. The van der Waals surface area contributed by atoms with Crippen LogP contribution in [0.5, 0.6) is 0 Å². The van der Waals surface area contributed by atoms with Gasteiger partial charge in [0.05, 0.1) is 18.8 Å². The fraction of sp³-hybridized carbons (Fsp3) is 0.706. The van der Waals surface area contributed by atoms with E-state index in [1.807, 2.05) is 0 Å². The summed E-state index contributed by atoms with van der Waals surface area (Å²) in [4.78, 5) is 32.7. The predicted octanol–water partition coefficient (Wildman–Crippen LogP) is 0.399. The Morgan fingerprint density at radius 3 is 2.84 bits per heavy atom. The molecule has 138 valence electrons. The third-order valence-electron chi connectivity index (χ3n) is 4.85. The molecule has 2 amide bonds. The average molecular weight is 349 g/mol. The monoisotopic (exact) mass is 349 g/mol. The number of ether oxygens (including phenoxy) is 1. The van der Waals surface area contributed by atoms with Gasteiger partial charge in [0.1, 0.15) is 5.82 Å². The number of aromatic nitrogens is 2. The molecule has 0 bridgehead atoms. The molecule has 8 nitrogen and oxygen atoms in total. The number of hydrogen-bond acceptors (Lipinski definition) is 5. The molecule has 3 heterocycles. The molecule has 0 aliphatic carbocycles. The highest BCUT2D eigenvalue weighted by atomic mass is 16.5. The number of urea groups is 1. The number of carbonyl (C=O) groups is 1. The van der Waals surface area contributed by atoms with Gasteiger partial charge in [0.15, 0.2) is 0 Å². The van der Waals surface area contributed by atoms with Gasteiger partial charge >= 0.3 is 6.03 Å². The molecule has 1 aromatic heterocycles. The van der Waals surface area contributed by atoms with Crippen molar-refractivity contribution in [2.75, 3.05) is 33.9 Å². The van der Waals surface area contributed by atoms with Crippen LogP contribution >= 0.6 is 0 Å². The molecular formula is C17H27N5O3. The largest absolute Gasteiger partial charge is 0.381 e. The van der Waals surface area contributed by atoms with Gasteiger partial charge < -0.3 is 15.0 Å². The van der Waals surface area contributed by atoms with Crippen molar-refractivity contribution in [3.63, 3.8) is 0 Å². The summed E-state index contributed by atoms with van der Waals surface area (Å²) in [7, 11) is 3.36. The second-order valence-electron chi connectivity index (χ2n) is 6.87. The molecule has 0 saturated carbocycles. The highest BCUT2D eigenvalue weighted by Gasteiger charge is 2.25. The molecule has 1 fully saturated rings. The van der Waals surface area contributed by atoms with Crippen LogP contribution in [-0.2, 0) is 24.4 Å². The van der Waals surface area contributed by atoms with Crippen molar-refractivity contribution in [3.05, 3.63) is 27.9 Å². The summed E-state index contributed by atoms with van der Waals surface area (Å²) in [5.74, 6) is 0.797. The van der Waals surface area contributed by atoms with Gasteiger partial charge in [-0.2, -0.15) is 0 Å². The fourth-order valence-corrected chi connectivity index (χ4v) is 3.44. The molecule has 0 aromatic carbocycles. The van der Waals surface area contributed by atoms with E-state index >= 15 is 0 Å². The fourth-order valence-electron chi connectivity index (χ4n) is 3.44. The lowest BCUT2D eigenvalue weighted by Crippen LogP contribution is -2.39. The number of rotatable bonds is 3. The maximum Gasteiger partial charge on any atom is 0.317 e. The maximum atomic E-state index is 12.5. The summed E-state index contributed by atoms with van der Waals surface area (Å²) >= 11 is 0. The van der Waals surface area contributed by atoms with Crippen LogP contribution in [0.25, 0.3) is 0 Å². The third kappa shape index (κ3) is 4.38. The first-order chi connectivity index (χ1) is 12.0. The Morgan fingerprint density at radius 2 is 2.12 bits per heavy atom. The second-order valence-corrected chi connectivity index (χ2v) is 6.87. The molecule has 0 unspecified atom stereocenters. The Labute approximate surface area is 147 Å². The molecule has 25 heavy (non-hydrogen) atoms. The smallest absolute Gasteiger partial charge is 0.317 e. The van der Waals surface area contributed by atoms with Crippen molar-refractivity contribution in [2.45, 2.75) is 44.9 Å². The van der Waals surface area contributed by atoms with Gasteiger partial charge in [0.25, 0.3) is 5.56 Å². The number of nitrogens with one attached hydrogen (secondary N) is 1. The van der Waals surface area contributed by atoms with E-state index in [1.54, 1.807) is 18.7 Å². The Bertz CT molecular complexity index is 667. The highest BCUT2D eigenvalue weighted by Crippen LogP contribution is 2.19. The van der Waals surface area contributed by atoms with Gasteiger partial charge in [-0.1, -0.05) is 0 Å². The zero-order chi connectivity index (χ0) is 17.8. The van der Waals surface area contributed by atoms with Gasteiger partial charge in [-0.05, 0) is 19.3 Å². The number of nitrogens with zero attached hydrogens (tertiary/aromatic N) is 4. The predicted molar refractivity (Wildman–Crippen MR) is 93.3 cm³/mol. The molecule has 0 spiro atoms. The summed E-state index contributed by atoms with van der Waals surface area (Å²) in [5.41, 5.74) is 0.577. The van der Waals surface area contributed by atoms with E-state index in [4.69, 9.17) is 4.74 Å². The summed E-state index contributed by atoms with van der Waals surface area (Å²) in [5, 5.41) is 2.77. The Morgan fingerprint density at radius 1 is 1.36 bits per heavy atom. The number of carbonyl (C=O) groups excluding carboxylic acids is 1. The third-order valence-corrected chi connectivity index (χ3v) is 4.85. The zero-order valence-corrected chi connectivity index (χ0v) is 15.0. The first-order valence-electron chi connectivity index (χ1n) is 8.91. The van der Waals surface area contributed by atoms with Crippen LogP contribution in [0.3, 0.4) is 0 Å². The molecule has 1 saturated heterocycles. The molecule has 8 heteroatoms. The van der Waals surface area contributed by atoms with Crippen LogP contribution < -0.4 is 10.9 Å². The minimum Gasteiger partial charge on any atom is -0.381 e. The summed E-state index contributed by atoms with van der Waals surface area (Å²) in [6.45, 7) is 4.22. The summed E-state index contributed by atoms with van der Waals surface area (Å²) in [6, 6.07) is 1.83. The van der Waals surface area contributed by atoms with Crippen LogP contribution in [0.4, 0.5) is 4.79 Å². The first-order valence-corrected chi connectivity index (χ1v) is 8.91. The van der Waals surface area contributed by atoms with Crippen molar-refractivity contribution in [2.24, 2.45) is 0 Å². The maximum absolute atomic E-state index is 12.5. The average Bonchev–Trinajstić information content (AvgIpc) is 2.83. The highest BCUT2D eigenvalue weighted by molar-refractivity contribution is 5.73. The summed E-state index contributed by atoms with van der Waals surface area (Å²) in [6.07, 6.45) is 3.01. The first kappa shape index (κ1) is 17.9. The van der Waals surface area contributed by atoms with E-state index in [-0.39, 0.29) is 18.1 Å². The lowest BCUT2D eigenvalue weighted by Gasteiger charge is -2.33. The number of hydrogen-bond donors (Lipinski definition) is 1. The molecule has 3 rings (SSSR count). The molecule has 0 atom stereocenters. The van der Waals surface area contributed by atoms with E-state index in [1.165, 1.54) is 11.0 Å². The van der Waals surface area contributed by atoms with E-state index in [0.29, 0.717) is 24.8 Å². The van der Waals surface area contributed by atoms with Crippen molar-refractivity contribution in [1.29, 1.82) is 0 Å². The molecule has 1 aromatic rings. The minimum absolute atomic E-state index is 0.0343. The van der Waals surface area contributed by atoms with Crippen LogP contribution in [0.1, 0.15) is 30.8 Å². The molecule has 0 radical (unpaired) electrons. The number of amides is 2. The van der Waals surface area contributed by atoms with Gasteiger partial charge in [0.2, 0.25) is 0 Å². The van der Waals surface area contributed by atoms with Crippen LogP contribution in [-0.4, -0.2) is 65.3 Å². The standard InChI is InChI=1S/C17H27N5O3/c1-20(2)17(24)18-11-13-10-16(23)22-7-3-6-21(12-15(22)19-13)14-4-8-25-9-5-14/h10,14H,3-9,11-12H2,1-2H3,(H,18,24). The van der Waals surface area contributed by atoms with E-state index < -0.39 is 0 Å². The Kier molecular flexibility index (Phi) is 5.70. The second kappa shape index (κ2) is 7.97. The number of fused-ring (bicyclic) bond motifs is 1. The molecule has 2 aliphatic rings. The van der Waals surface area contributed by atoms with Gasteiger partial charge in [-0.15, -0.1) is 0 Å². The van der Waals surface area contributed by atoms with Crippen LogP contribution in [0.2, 0.25) is 0 Å². The van der Waals surface area contributed by atoms with Crippen molar-refractivity contribution < 1.29 is 9.53 Å². The lowest BCUT2D eigenvalue weighted by atomic mass is 10.1. The summed E-state index contributed by atoms with van der Waals surface area (Å²) < 4.78 is 7.24. The van der Waals surface area contributed by atoms with Crippen molar-refractivity contribution in [1.82, 2.24) is 24.7 Å². The zero-order valence-electron chi connectivity index (χ0n) is 15.0. The Balaban J connectivity index is 1.76. The van der Waals surface area contributed by atoms with E-state index in [0.717, 1.165) is 44.8 Å². The van der Waals surface area contributed by atoms with Crippen molar-refractivity contribution >= 4 is 6.03 Å². The van der Waals surface area contributed by atoms with Crippen LogP contribution in [0, 0.1) is 0 Å². The topological polar surface area (TPSA) is 79.7 Å². The van der Waals surface area contributed by atoms with Gasteiger partial charge in [-0.25, -0.2) is 9.78 Å². The molecular weight excluding hydrogens is 322 g/mol. The normalized spacial score (nSPS) is 19.1. The SMILES string of the molecule is CN(C)C(=O)NCc1cc(=O)n2c(n1)CN(C1CCOCC1)CCC2. The van der Waals surface area contributed by atoms with Crippen molar-refractivity contribution in [3.8, 4) is 0 Å². The molecule has 2 aliphatic heterocycles. The Hall–Kier alpha value is -1.93. The lowest BCUT2D eigenvalue weighted by molar-refractivity contribution is 0.0310.